The first kappa shape index (κ1) is 20.6. The Kier molecular flexibility index (Phi) is 7.53. The van der Waals surface area contributed by atoms with Crippen LogP contribution in [-0.4, -0.2) is 29.3 Å². The van der Waals surface area contributed by atoms with Crippen LogP contribution in [0.1, 0.15) is 37.0 Å². The molecule has 0 aliphatic heterocycles. The monoisotopic (exact) mass is 370 g/mol. The van der Waals surface area contributed by atoms with Gasteiger partial charge in [-0.15, -0.1) is 0 Å². The third-order valence-electron chi connectivity index (χ3n) is 4.42. The first-order valence-electron chi connectivity index (χ1n) is 9.28. The van der Waals surface area contributed by atoms with Gasteiger partial charge in [0.2, 0.25) is 11.8 Å². The van der Waals surface area contributed by atoms with Gasteiger partial charge in [-0.25, -0.2) is 4.39 Å². The number of amides is 2. The highest BCUT2D eigenvalue weighted by molar-refractivity contribution is 5.88. The van der Waals surface area contributed by atoms with E-state index in [9.17, 15) is 14.0 Å². The number of nitrogens with one attached hydrogen (secondary N) is 1. The Hall–Kier alpha value is -2.69. The number of nitrogens with zero attached hydrogens (tertiary/aromatic N) is 1. The maximum Gasteiger partial charge on any atom is 0.242 e. The topological polar surface area (TPSA) is 49.4 Å². The number of hydrogen-bond donors (Lipinski definition) is 1. The van der Waals surface area contributed by atoms with Gasteiger partial charge in [-0.2, -0.15) is 0 Å². The summed E-state index contributed by atoms with van der Waals surface area (Å²) in [6.45, 7) is 6.50. The zero-order chi connectivity index (χ0) is 19.8. The summed E-state index contributed by atoms with van der Waals surface area (Å²) >= 11 is 0. The van der Waals surface area contributed by atoms with Crippen molar-refractivity contribution >= 4 is 11.8 Å². The molecule has 2 amide bonds. The summed E-state index contributed by atoms with van der Waals surface area (Å²) in [5.41, 5.74) is 2.77. The number of halogens is 1. The van der Waals surface area contributed by atoms with Crippen molar-refractivity contribution in [1.82, 2.24) is 10.2 Å². The minimum Gasteiger partial charge on any atom is -0.354 e. The van der Waals surface area contributed by atoms with Crippen LogP contribution in [0.15, 0.2) is 48.5 Å². The highest BCUT2D eigenvalue weighted by Crippen LogP contribution is 2.14. The van der Waals surface area contributed by atoms with Crippen LogP contribution in [0.5, 0.6) is 0 Å². The molecular formula is C22H27FN2O2. The molecule has 27 heavy (non-hydrogen) atoms. The molecule has 1 atom stereocenters. The van der Waals surface area contributed by atoms with Gasteiger partial charge in [-0.1, -0.05) is 48.9 Å². The van der Waals surface area contributed by atoms with Crippen LogP contribution in [-0.2, 0) is 22.6 Å². The maximum absolute atomic E-state index is 13.2. The summed E-state index contributed by atoms with van der Waals surface area (Å²) in [7, 11) is 0. The molecular weight excluding hydrogens is 343 g/mol. The van der Waals surface area contributed by atoms with Crippen molar-refractivity contribution in [1.29, 1.82) is 0 Å². The smallest absolute Gasteiger partial charge is 0.242 e. The molecule has 0 heterocycles. The van der Waals surface area contributed by atoms with E-state index in [0.717, 1.165) is 23.1 Å². The minimum atomic E-state index is -0.612. The maximum atomic E-state index is 13.2. The van der Waals surface area contributed by atoms with Crippen LogP contribution < -0.4 is 5.32 Å². The Labute approximate surface area is 160 Å². The molecule has 0 radical (unpaired) electrons. The zero-order valence-electron chi connectivity index (χ0n) is 16.2. The number of aryl methyl sites for hydroxylation is 1. The van der Waals surface area contributed by atoms with Crippen LogP contribution in [0.4, 0.5) is 4.39 Å². The van der Waals surface area contributed by atoms with Gasteiger partial charge in [0, 0.05) is 13.1 Å². The molecule has 4 nitrogen and oxygen atoms in total. The summed E-state index contributed by atoms with van der Waals surface area (Å²) in [4.78, 5) is 27.0. The predicted molar refractivity (Wildman–Crippen MR) is 105 cm³/mol. The number of rotatable bonds is 8. The van der Waals surface area contributed by atoms with E-state index in [2.05, 4.69) is 5.32 Å². The standard InChI is InChI=1S/C22H27FN2O2/c1-4-12-24-22(27)17(3)25(15-18-8-10-20(23)11-9-18)21(26)14-19-7-5-6-16(2)13-19/h5-11,13,17H,4,12,14-15H2,1-3H3,(H,24,27)/t17-/m0/s1. The second-order valence-corrected chi connectivity index (χ2v) is 6.78. The molecule has 2 aromatic carbocycles. The molecule has 0 aliphatic rings. The fraction of sp³-hybridized carbons (Fsp3) is 0.364. The number of carbonyl (C=O) groups excluding carboxylic acids is 2. The van der Waals surface area contributed by atoms with Gasteiger partial charge in [-0.05, 0) is 43.5 Å². The van der Waals surface area contributed by atoms with Crippen LogP contribution in [0, 0.1) is 12.7 Å². The molecule has 0 aliphatic carbocycles. The van der Waals surface area contributed by atoms with Gasteiger partial charge in [-0.3, -0.25) is 9.59 Å². The number of benzene rings is 2. The second kappa shape index (κ2) is 9.86. The van der Waals surface area contributed by atoms with E-state index >= 15 is 0 Å². The Morgan fingerprint density at radius 3 is 2.44 bits per heavy atom. The lowest BCUT2D eigenvalue weighted by atomic mass is 10.1. The Morgan fingerprint density at radius 1 is 1.11 bits per heavy atom. The first-order chi connectivity index (χ1) is 12.9. The lowest BCUT2D eigenvalue weighted by Gasteiger charge is -2.29. The van der Waals surface area contributed by atoms with Crippen molar-refractivity contribution < 1.29 is 14.0 Å². The molecule has 0 saturated carbocycles. The quantitative estimate of drug-likeness (QED) is 0.772. The van der Waals surface area contributed by atoms with Crippen molar-refractivity contribution in [3.05, 3.63) is 71.0 Å². The van der Waals surface area contributed by atoms with E-state index in [-0.39, 0.29) is 30.6 Å². The highest BCUT2D eigenvalue weighted by Gasteiger charge is 2.26. The van der Waals surface area contributed by atoms with Crippen molar-refractivity contribution in [2.75, 3.05) is 6.54 Å². The van der Waals surface area contributed by atoms with Gasteiger partial charge in [0.15, 0.2) is 0 Å². The third kappa shape index (κ3) is 6.20. The zero-order valence-corrected chi connectivity index (χ0v) is 16.2. The highest BCUT2D eigenvalue weighted by atomic mass is 19.1. The Balaban J connectivity index is 2.20. The molecule has 0 spiro atoms. The lowest BCUT2D eigenvalue weighted by Crippen LogP contribution is -2.48. The first-order valence-corrected chi connectivity index (χ1v) is 9.28. The molecule has 0 fully saturated rings. The van der Waals surface area contributed by atoms with Crippen molar-refractivity contribution in [2.24, 2.45) is 0 Å². The molecule has 0 saturated heterocycles. The van der Waals surface area contributed by atoms with E-state index in [1.165, 1.54) is 12.1 Å². The summed E-state index contributed by atoms with van der Waals surface area (Å²) < 4.78 is 13.2. The fourth-order valence-electron chi connectivity index (χ4n) is 2.86. The second-order valence-electron chi connectivity index (χ2n) is 6.78. The van der Waals surface area contributed by atoms with E-state index < -0.39 is 6.04 Å². The van der Waals surface area contributed by atoms with E-state index in [4.69, 9.17) is 0 Å². The predicted octanol–water partition coefficient (Wildman–Crippen LogP) is 3.62. The van der Waals surface area contributed by atoms with E-state index in [1.54, 1.807) is 24.0 Å². The minimum absolute atomic E-state index is 0.135. The van der Waals surface area contributed by atoms with Gasteiger partial charge in [0.1, 0.15) is 11.9 Å². The largest absolute Gasteiger partial charge is 0.354 e. The fourth-order valence-corrected chi connectivity index (χ4v) is 2.86. The number of carbonyl (C=O) groups is 2. The normalized spacial score (nSPS) is 11.7. The molecule has 2 aromatic rings. The van der Waals surface area contributed by atoms with Crippen molar-refractivity contribution in [3.8, 4) is 0 Å². The van der Waals surface area contributed by atoms with E-state index in [1.807, 2.05) is 38.1 Å². The summed E-state index contributed by atoms with van der Waals surface area (Å²) in [6.07, 6.45) is 1.04. The van der Waals surface area contributed by atoms with Gasteiger partial charge in [0.25, 0.3) is 0 Å². The van der Waals surface area contributed by atoms with Gasteiger partial charge < -0.3 is 10.2 Å². The van der Waals surface area contributed by atoms with E-state index in [0.29, 0.717) is 6.54 Å². The average Bonchev–Trinajstić information content (AvgIpc) is 2.65. The van der Waals surface area contributed by atoms with Crippen LogP contribution in [0.25, 0.3) is 0 Å². The van der Waals surface area contributed by atoms with Crippen LogP contribution >= 0.6 is 0 Å². The van der Waals surface area contributed by atoms with Gasteiger partial charge >= 0.3 is 0 Å². The third-order valence-corrected chi connectivity index (χ3v) is 4.42. The Bertz CT molecular complexity index is 774. The molecule has 0 bridgehead atoms. The van der Waals surface area contributed by atoms with Crippen molar-refractivity contribution in [3.63, 3.8) is 0 Å². The molecule has 1 N–H and O–H groups in total. The summed E-state index contributed by atoms with van der Waals surface area (Å²) in [5, 5.41) is 2.84. The summed E-state index contributed by atoms with van der Waals surface area (Å²) in [5.74, 6) is -0.647. The molecule has 0 unspecified atom stereocenters. The lowest BCUT2D eigenvalue weighted by molar-refractivity contribution is -0.140. The van der Waals surface area contributed by atoms with Crippen molar-refractivity contribution in [2.45, 2.75) is 46.2 Å². The average molecular weight is 370 g/mol. The van der Waals surface area contributed by atoms with Gasteiger partial charge in [0.05, 0.1) is 6.42 Å². The molecule has 2 rings (SSSR count). The van der Waals surface area contributed by atoms with Crippen LogP contribution in [0.3, 0.4) is 0 Å². The SMILES string of the molecule is CCCNC(=O)[C@H](C)N(Cc1ccc(F)cc1)C(=O)Cc1cccc(C)c1. The van der Waals surface area contributed by atoms with Crippen LogP contribution in [0.2, 0.25) is 0 Å². The molecule has 5 heteroatoms. The summed E-state index contributed by atoms with van der Waals surface area (Å²) in [6, 6.07) is 13.2. The number of hydrogen-bond acceptors (Lipinski definition) is 2. The molecule has 144 valence electrons. The Morgan fingerprint density at radius 2 is 1.81 bits per heavy atom. The molecule has 0 aromatic heterocycles.